The van der Waals surface area contributed by atoms with Crippen molar-refractivity contribution in [3.8, 4) is 11.5 Å². The van der Waals surface area contributed by atoms with Crippen LogP contribution in [0.15, 0.2) is 42.5 Å². The number of carbonyl (C=O) groups is 2. The summed E-state index contributed by atoms with van der Waals surface area (Å²) in [5.41, 5.74) is 1.32. The molecule has 0 fully saturated rings. The number of carbonyl (C=O) groups excluding carboxylic acids is 2. The molecule has 0 radical (unpaired) electrons. The number of benzene rings is 2. The summed E-state index contributed by atoms with van der Waals surface area (Å²) >= 11 is 0. The minimum absolute atomic E-state index is 0.278. The monoisotopic (exact) mass is 370 g/mol. The normalized spacial score (nSPS) is 10.9. The highest BCUT2D eigenvalue weighted by Crippen LogP contribution is 2.27. The predicted octanol–water partition coefficient (Wildman–Crippen LogP) is 3.29. The van der Waals surface area contributed by atoms with E-state index in [1.807, 2.05) is 31.2 Å². The third-order valence-electron chi connectivity index (χ3n) is 4.31. The minimum Gasteiger partial charge on any atom is -0.493 e. The molecule has 2 N–H and O–H groups in total. The molecule has 2 aromatic carbocycles. The summed E-state index contributed by atoms with van der Waals surface area (Å²) < 4.78 is 10.5. The SMILES string of the molecule is COc1ccc(CNC(=O)C(C)(C)C(=O)Nc2cccc(C)c2)cc1OC. The van der Waals surface area contributed by atoms with Gasteiger partial charge in [-0.05, 0) is 56.2 Å². The molecule has 0 aliphatic rings. The molecule has 0 aliphatic heterocycles. The van der Waals surface area contributed by atoms with E-state index in [4.69, 9.17) is 9.47 Å². The molecule has 0 spiro atoms. The van der Waals surface area contributed by atoms with Crippen molar-refractivity contribution in [2.45, 2.75) is 27.3 Å². The Kier molecular flexibility index (Phi) is 6.45. The first kappa shape index (κ1) is 20.3. The highest BCUT2D eigenvalue weighted by molar-refractivity contribution is 6.09. The average molecular weight is 370 g/mol. The van der Waals surface area contributed by atoms with E-state index >= 15 is 0 Å². The van der Waals surface area contributed by atoms with E-state index in [1.165, 1.54) is 0 Å². The number of hydrogen-bond acceptors (Lipinski definition) is 4. The van der Waals surface area contributed by atoms with Crippen molar-refractivity contribution in [3.05, 3.63) is 53.6 Å². The molecule has 0 saturated carbocycles. The summed E-state index contributed by atoms with van der Waals surface area (Å²) in [6.07, 6.45) is 0. The van der Waals surface area contributed by atoms with Gasteiger partial charge >= 0.3 is 0 Å². The van der Waals surface area contributed by atoms with Crippen LogP contribution in [0, 0.1) is 12.3 Å². The van der Waals surface area contributed by atoms with Crippen LogP contribution in [-0.2, 0) is 16.1 Å². The Bertz CT molecular complexity index is 831. The summed E-state index contributed by atoms with van der Waals surface area (Å²) in [5.74, 6) is 0.478. The van der Waals surface area contributed by atoms with Gasteiger partial charge in [0.05, 0.1) is 14.2 Å². The van der Waals surface area contributed by atoms with Crippen LogP contribution in [-0.4, -0.2) is 26.0 Å². The largest absolute Gasteiger partial charge is 0.493 e. The van der Waals surface area contributed by atoms with E-state index in [0.29, 0.717) is 17.2 Å². The number of hydrogen-bond donors (Lipinski definition) is 2. The van der Waals surface area contributed by atoms with Crippen molar-refractivity contribution in [1.29, 1.82) is 0 Å². The van der Waals surface area contributed by atoms with E-state index < -0.39 is 5.41 Å². The number of nitrogens with one attached hydrogen (secondary N) is 2. The van der Waals surface area contributed by atoms with Crippen LogP contribution in [0.5, 0.6) is 11.5 Å². The number of rotatable bonds is 7. The second-order valence-electron chi connectivity index (χ2n) is 6.82. The molecule has 0 unspecified atom stereocenters. The van der Waals surface area contributed by atoms with E-state index in [2.05, 4.69) is 10.6 Å². The molecular formula is C21H26N2O4. The Hall–Kier alpha value is -3.02. The Morgan fingerprint density at radius 1 is 0.963 bits per heavy atom. The maximum Gasteiger partial charge on any atom is 0.239 e. The topological polar surface area (TPSA) is 76.7 Å². The maximum atomic E-state index is 12.6. The number of anilines is 1. The second-order valence-corrected chi connectivity index (χ2v) is 6.82. The van der Waals surface area contributed by atoms with E-state index in [0.717, 1.165) is 11.1 Å². The maximum absolute atomic E-state index is 12.6. The lowest BCUT2D eigenvalue weighted by atomic mass is 9.90. The Balaban J connectivity index is 2.02. The molecule has 0 atom stereocenters. The summed E-state index contributed by atoms with van der Waals surface area (Å²) in [6.45, 7) is 5.42. The summed E-state index contributed by atoms with van der Waals surface area (Å²) in [7, 11) is 3.12. The molecule has 27 heavy (non-hydrogen) atoms. The van der Waals surface area contributed by atoms with E-state index in [9.17, 15) is 9.59 Å². The average Bonchev–Trinajstić information content (AvgIpc) is 2.65. The van der Waals surface area contributed by atoms with E-state index in [-0.39, 0.29) is 18.4 Å². The lowest BCUT2D eigenvalue weighted by molar-refractivity contribution is -0.138. The van der Waals surface area contributed by atoms with Gasteiger partial charge in [0.15, 0.2) is 11.5 Å². The smallest absolute Gasteiger partial charge is 0.239 e. The predicted molar refractivity (Wildman–Crippen MR) is 105 cm³/mol. The van der Waals surface area contributed by atoms with E-state index in [1.54, 1.807) is 46.3 Å². The van der Waals surface area contributed by atoms with Crippen LogP contribution in [0.25, 0.3) is 0 Å². The van der Waals surface area contributed by atoms with Crippen LogP contribution in [0.2, 0.25) is 0 Å². The number of methoxy groups -OCH3 is 2. The molecule has 144 valence electrons. The van der Waals surface area contributed by atoms with Crippen molar-refractivity contribution in [1.82, 2.24) is 5.32 Å². The third kappa shape index (κ3) is 5.00. The fourth-order valence-electron chi connectivity index (χ4n) is 2.51. The van der Waals surface area contributed by atoms with Crippen molar-refractivity contribution in [3.63, 3.8) is 0 Å². The Morgan fingerprint density at radius 2 is 1.67 bits per heavy atom. The molecule has 0 heterocycles. The molecular weight excluding hydrogens is 344 g/mol. The van der Waals surface area contributed by atoms with Crippen LogP contribution in [0.3, 0.4) is 0 Å². The summed E-state index contributed by atoms with van der Waals surface area (Å²) in [6, 6.07) is 12.8. The molecule has 0 aliphatic carbocycles. The fraction of sp³-hybridized carbons (Fsp3) is 0.333. The number of amides is 2. The Labute approximate surface area is 159 Å². The second kappa shape index (κ2) is 8.58. The van der Waals surface area contributed by atoms with Crippen LogP contribution < -0.4 is 20.1 Å². The van der Waals surface area contributed by atoms with Gasteiger partial charge in [0.1, 0.15) is 5.41 Å². The first-order chi connectivity index (χ1) is 12.8. The quantitative estimate of drug-likeness (QED) is 0.733. The zero-order valence-corrected chi connectivity index (χ0v) is 16.4. The van der Waals surface area contributed by atoms with Gasteiger partial charge in [-0.25, -0.2) is 0 Å². The van der Waals surface area contributed by atoms with Gasteiger partial charge < -0.3 is 20.1 Å². The highest BCUT2D eigenvalue weighted by atomic mass is 16.5. The lowest BCUT2D eigenvalue weighted by Crippen LogP contribution is -2.44. The van der Waals surface area contributed by atoms with Gasteiger partial charge in [-0.3, -0.25) is 9.59 Å². The fourth-order valence-corrected chi connectivity index (χ4v) is 2.51. The van der Waals surface area contributed by atoms with Gasteiger partial charge in [0.25, 0.3) is 0 Å². The van der Waals surface area contributed by atoms with Crippen molar-refractivity contribution >= 4 is 17.5 Å². The van der Waals surface area contributed by atoms with Crippen LogP contribution in [0.4, 0.5) is 5.69 Å². The molecule has 0 saturated heterocycles. The highest BCUT2D eigenvalue weighted by Gasteiger charge is 2.36. The number of ether oxygens (including phenoxy) is 2. The van der Waals surface area contributed by atoms with Gasteiger partial charge in [-0.1, -0.05) is 18.2 Å². The third-order valence-corrected chi connectivity index (χ3v) is 4.31. The standard InChI is InChI=1S/C21H26N2O4/c1-14-7-6-8-16(11-14)23-20(25)21(2,3)19(24)22-13-15-9-10-17(26-4)18(12-15)27-5/h6-12H,13H2,1-5H3,(H,22,24)(H,23,25). The zero-order valence-electron chi connectivity index (χ0n) is 16.4. The van der Waals surface area contributed by atoms with Gasteiger partial charge in [0.2, 0.25) is 11.8 Å². The van der Waals surface area contributed by atoms with Gasteiger partial charge in [0, 0.05) is 12.2 Å². The summed E-state index contributed by atoms with van der Waals surface area (Å²) in [4.78, 5) is 25.2. The molecule has 2 rings (SSSR count). The van der Waals surface area contributed by atoms with Crippen LogP contribution >= 0.6 is 0 Å². The first-order valence-electron chi connectivity index (χ1n) is 8.65. The van der Waals surface area contributed by atoms with Crippen molar-refractivity contribution in [2.24, 2.45) is 5.41 Å². The van der Waals surface area contributed by atoms with Gasteiger partial charge in [-0.2, -0.15) is 0 Å². The molecule has 6 nitrogen and oxygen atoms in total. The first-order valence-corrected chi connectivity index (χ1v) is 8.65. The zero-order chi connectivity index (χ0) is 20.0. The minimum atomic E-state index is -1.22. The van der Waals surface area contributed by atoms with Crippen molar-refractivity contribution in [2.75, 3.05) is 19.5 Å². The molecule has 0 aromatic heterocycles. The molecule has 2 aromatic rings. The van der Waals surface area contributed by atoms with Gasteiger partial charge in [-0.15, -0.1) is 0 Å². The molecule has 2 amide bonds. The van der Waals surface area contributed by atoms with Crippen molar-refractivity contribution < 1.29 is 19.1 Å². The summed E-state index contributed by atoms with van der Waals surface area (Å²) in [5, 5.41) is 5.61. The Morgan fingerprint density at radius 3 is 2.30 bits per heavy atom. The molecule has 6 heteroatoms. The van der Waals surface area contributed by atoms with Crippen LogP contribution in [0.1, 0.15) is 25.0 Å². The lowest BCUT2D eigenvalue weighted by Gasteiger charge is -2.23. The number of aryl methyl sites for hydroxylation is 1. The molecule has 0 bridgehead atoms.